The third-order valence-electron chi connectivity index (χ3n) is 2.30. The number of rotatable bonds is 5. The van der Waals surface area contributed by atoms with E-state index in [2.05, 4.69) is 24.1 Å². The smallest absolute Gasteiger partial charge is 0.337 e. The van der Waals surface area contributed by atoms with Gasteiger partial charge in [0.05, 0.1) is 10.6 Å². The molecule has 0 amide bonds. The average molecular weight is 257 g/mol. The first-order chi connectivity index (χ1) is 7.90. The van der Waals surface area contributed by atoms with Gasteiger partial charge >= 0.3 is 5.97 Å². The molecule has 1 aromatic rings. The Morgan fingerprint density at radius 2 is 2.18 bits per heavy atom. The SMILES string of the molecule is CC(C)CC(C)Nc1ncc(C(=O)O)cc1Cl. The van der Waals surface area contributed by atoms with E-state index in [1.165, 1.54) is 12.3 Å². The first-order valence-corrected chi connectivity index (χ1v) is 5.93. The summed E-state index contributed by atoms with van der Waals surface area (Å²) in [5.74, 6) is 0.0839. The van der Waals surface area contributed by atoms with Gasteiger partial charge in [-0.3, -0.25) is 0 Å². The van der Waals surface area contributed by atoms with Crippen molar-refractivity contribution < 1.29 is 9.90 Å². The Balaban J connectivity index is 2.75. The van der Waals surface area contributed by atoms with E-state index in [9.17, 15) is 4.79 Å². The molecule has 0 saturated heterocycles. The second kappa shape index (κ2) is 5.87. The number of carboxylic acid groups (broad SMARTS) is 1. The van der Waals surface area contributed by atoms with Crippen molar-refractivity contribution in [3.63, 3.8) is 0 Å². The first-order valence-electron chi connectivity index (χ1n) is 5.55. The third kappa shape index (κ3) is 4.23. The predicted octanol–water partition coefficient (Wildman–Crippen LogP) is 3.28. The standard InChI is InChI=1S/C12H17ClN2O2/c1-7(2)4-8(3)15-11-10(13)5-9(6-14-11)12(16)17/h5-8H,4H2,1-3H3,(H,14,15)(H,16,17). The maximum Gasteiger partial charge on any atom is 0.337 e. The summed E-state index contributed by atoms with van der Waals surface area (Å²) in [6.45, 7) is 6.32. The van der Waals surface area contributed by atoms with Gasteiger partial charge in [-0.15, -0.1) is 0 Å². The number of carbonyl (C=O) groups is 1. The zero-order chi connectivity index (χ0) is 13.0. The normalized spacial score (nSPS) is 12.5. The van der Waals surface area contributed by atoms with E-state index < -0.39 is 5.97 Å². The van der Waals surface area contributed by atoms with Crippen molar-refractivity contribution in [2.75, 3.05) is 5.32 Å². The highest BCUT2D eigenvalue weighted by molar-refractivity contribution is 6.33. The molecule has 0 bridgehead atoms. The van der Waals surface area contributed by atoms with Crippen molar-refractivity contribution in [3.8, 4) is 0 Å². The van der Waals surface area contributed by atoms with Crippen LogP contribution in [0.3, 0.4) is 0 Å². The molecular formula is C12H17ClN2O2. The lowest BCUT2D eigenvalue weighted by atomic mass is 10.1. The van der Waals surface area contributed by atoms with Gasteiger partial charge in [-0.2, -0.15) is 0 Å². The van der Waals surface area contributed by atoms with Gasteiger partial charge in [-0.05, 0) is 25.3 Å². The van der Waals surface area contributed by atoms with E-state index in [-0.39, 0.29) is 11.6 Å². The van der Waals surface area contributed by atoms with Crippen LogP contribution in [0.25, 0.3) is 0 Å². The summed E-state index contributed by atoms with van der Waals surface area (Å²) < 4.78 is 0. The molecule has 0 aliphatic heterocycles. The maximum atomic E-state index is 10.7. The molecule has 0 aliphatic carbocycles. The molecule has 0 fully saturated rings. The molecule has 1 atom stereocenters. The van der Waals surface area contributed by atoms with Crippen LogP contribution in [0.15, 0.2) is 12.3 Å². The lowest BCUT2D eigenvalue weighted by molar-refractivity contribution is 0.0696. The maximum absolute atomic E-state index is 10.7. The number of nitrogens with zero attached hydrogens (tertiary/aromatic N) is 1. The van der Waals surface area contributed by atoms with Gasteiger partial charge in [0.2, 0.25) is 0 Å². The highest BCUT2D eigenvalue weighted by Gasteiger charge is 2.11. The second-order valence-corrected chi connectivity index (χ2v) is 4.94. The largest absolute Gasteiger partial charge is 0.478 e. The minimum atomic E-state index is -1.03. The Hall–Kier alpha value is -1.29. The summed E-state index contributed by atoms with van der Waals surface area (Å²) in [4.78, 5) is 14.7. The van der Waals surface area contributed by atoms with E-state index in [1.54, 1.807) is 0 Å². The molecule has 1 aromatic heterocycles. The van der Waals surface area contributed by atoms with Crippen molar-refractivity contribution in [2.45, 2.75) is 33.2 Å². The number of hydrogen-bond donors (Lipinski definition) is 2. The van der Waals surface area contributed by atoms with Crippen LogP contribution >= 0.6 is 11.6 Å². The van der Waals surface area contributed by atoms with Gasteiger partial charge < -0.3 is 10.4 Å². The number of carboxylic acids is 1. The number of aromatic carboxylic acids is 1. The molecule has 0 radical (unpaired) electrons. The molecular weight excluding hydrogens is 240 g/mol. The third-order valence-corrected chi connectivity index (χ3v) is 2.58. The molecule has 0 spiro atoms. The van der Waals surface area contributed by atoms with Crippen LogP contribution < -0.4 is 5.32 Å². The summed E-state index contributed by atoms with van der Waals surface area (Å²) in [6, 6.07) is 1.65. The van der Waals surface area contributed by atoms with E-state index in [0.29, 0.717) is 16.8 Å². The zero-order valence-corrected chi connectivity index (χ0v) is 11.0. The molecule has 0 aliphatic rings. The minimum absolute atomic E-state index is 0.0945. The van der Waals surface area contributed by atoms with Gasteiger partial charge in [0, 0.05) is 12.2 Å². The van der Waals surface area contributed by atoms with E-state index in [0.717, 1.165) is 6.42 Å². The molecule has 0 aromatic carbocycles. The lowest BCUT2D eigenvalue weighted by Crippen LogP contribution is -2.18. The van der Waals surface area contributed by atoms with Gasteiger partial charge in [0.25, 0.3) is 0 Å². The zero-order valence-electron chi connectivity index (χ0n) is 10.2. The van der Waals surface area contributed by atoms with Gasteiger partial charge in [0.1, 0.15) is 5.82 Å². The average Bonchev–Trinajstić information content (AvgIpc) is 2.19. The van der Waals surface area contributed by atoms with Gasteiger partial charge in [-0.25, -0.2) is 9.78 Å². The van der Waals surface area contributed by atoms with Crippen LogP contribution in [-0.2, 0) is 0 Å². The summed E-state index contributed by atoms with van der Waals surface area (Å²) in [5, 5.41) is 12.3. The van der Waals surface area contributed by atoms with Crippen molar-refractivity contribution in [2.24, 2.45) is 5.92 Å². The summed E-state index contributed by atoms with van der Waals surface area (Å²) >= 11 is 5.97. The molecule has 17 heavy (non-hydrogen) atoms. The van der Waals surface area contributed by atoms with Crippen molar-refractivity contribution in [1.29, 1.82) is 0 Å². The quantitative estimate of drug-likeness (QED) is 0.849. The number of anilines is 1. The Kier molecular flexibility index (Phi) is 4.75. The Morgan fingerprint density at radius 1 is 1.53 bits per heavy atom. The van der Waals surface area contributed by atoms with Gasteiger partial charge in [0.15, 0.2) is 0 Å². The van der Waals surface area contributed by atoms with Crippen LogP contribution in [0.1, 0.15) is 37.6 Å². The molecule has 1 heterocycles. The molecule has 0 saturated carbocycles. The topological polar surface area (TPSA) is 62.2 Å². The number of hydrogen-bond acceptors (Lipinski definition) is 3. The van der Waals surface area contributed by atoms with Crippen LogP contribution in [0.4, 0.5) is 5.82 Å². The van der Waals surface area contributed by atoms with Crippen LogP contribution in [0.2, 0.25) is 5.02 Å². The van der Waals surface area contributed by atoms with Crippen molar-refractivity contribution in [1.82, 2.24) is 4.98 Å². The molecule has 2 N–H and O–H groups in total. The molecule has 5 heteroatoms. The Morgan fingerprint density at radius 3 is 2.65 bits per heavy atom. The summed E-state index contributed by atoms with van der Waals surface area (Å²) in [7, 11) is 0. The predicted molar refractivity (Wildman–Crippen MR) is 68.7 cm³/mol. The highest BCUT2D eigenvalue weighted by atomic mass is 35.5. The molecule has 94 valence electrons. The van der Waals surface area contributed by atoms with Crippen LogP contribution in [0, 0.1) is 5.92 Å². The van der Waals surface area contributed by atoms with Gasteiger partial charge in [-0.1, -0.05) is 25.4 Å². The van der Waals surface area contributed by atoms with Crippen LogP contribution in [-0.4, -0.2) is 22.1 Å². The Labute approximate surface area is 106 Å². The monoisotopic (exact) mass is 256 g/mol. The first kappa shape index (κ1) is 13.8. The number of pyridine rings is 1. The summed E-state index contributed by atoms with van der Waals surface area (Å²) in [5.41, 5.74) is 0.0945. The number of aromatic nitrogens is 1. The van der Waals surface area contributed by atoms with E-state index >= 15 is 0 Å². The van der Waals surface area contributed by atoms with Crippen molar-refractivity contribution in [3.05, 3.63) is 22.8 Å². The Bertz CT molecular complexity index is 407. The highest BCUT2D eigenvalue weighted by Crippen LogP contribution is 2.22. The molecule has 4 nitrogen and oxygen atoms in total. The van der Waals surface area contributed by atoms with Crippen LogP contribution in [0.5, 0.6) is 0 Å². The van der Waals surface area contributed by atoms with E-state index in [4.69, 9.17) is 16.7 Å². The number of nitrogens with one attached hydrogen (secondary N) is 1. The van der Waals surface area contributed by atoms with Crippen molar-refractivity contribution >= 4 is 23.4 Å². The second-order valence-electron chi connectivity index (χ2n) is 4.53. The fraction of sp³-hybridized carbons (Fsp3) is 0.500. The van der Waals surface area contributed by atoms with E-state index in [1.807, 2.05) is 6.92 Å². The number of halogens is 1. The lowest BCUT2D eigenvalue weighted by Gasteiger charge is -2.17. The fourth-order valence-electron chi connectivity index (χ4n) is 1.66. The fourth-order valence-corrected chi connectivity index (χ4v) is 1.88. The molecule has 1 rings (SSSR count). The summed E-state index contributed by atoms with van der Waals surface area (Å²) in [6.07, 6.45) is 2.30. The molecule has 1 unspecified atom stereocenters. The minimum Gasteiger partial charge on any atom is -0.478 e.